The quantitative estimate of drug-likeness (QED) is 0.659. The Morgan fingerprint density at radius 1 is 1.22 bits per heavy atom. The summed E-state index contributed by atoms with van der Waals surface area (Å²) in [6, 6.07) is 10.8. The Morgan fingerprint density at radius 2 is 2.00 bits per heavy atom. The van der Waals surface area contributed by atoms with Gasteiger partial charge in [-0.1, -0.05) is 17.3 Å². The smallest absolute Gasteiger partial charge is 0.254 e. The van der Waals surface area contributed by atoms with Gasteiger partial charge in [0.25, 0.3) is 5.91 Å². The third-order valence-corrected chi connectivity index (χ3v) is 3.93. The molecule has 0 bridgehead atoms. The molecule has 3 aromatic rings. The topological polar surface area (TPSA) is 104 Å². The number of anilines is 1. The number of aromatic nitrogens is 3. The zero-order valence-electron chi connectivity index (χ0n) is 15.2. The van der Waals surface area contributed by atoms with Crippen molar-refractivity contribution in [3.05, 3.63) is 59.7 Å². The van der Waals surface area contributed by atoms with Crippen LogP contribution < -0.4 is 5.32 Å². The number of aryl methyl sites for hydroxylation is 1. The van der Waals surface area contributed by atoms with Crippen molar-refractivity contribution >= 4 is 11.7 Å². The molecular weight excluding hydrogens is 346 g/mol. The van der Waals surface area contributed by atoms with Crippen LogP contribution in [0.4, 0.5) is 5.82 Å². The molecule has 2 heterocycles. The highest BCUT2D eigenvalue weighted by molar-refractivity contribution is 5.94. The Hall–Kier alpha value is -3.26. The molecule has 0 atom stereocenters. The first-order valence-electron chi connectivity index (χ1n) is 8.51. The van der Waals surface area contributed by atoms with Gasteiger partial charge in [0.2, 0.25) is 0 Å². The van der Waals surface area contributed by atoms with Crippen LogP contribution in [0.25, 0.3) is 11.3 Å². The Kier molecular flexibility index (Phi) is 5.77. The van der Waals surface area contributed by atoms with Crippen molar-refractivity contribution in [3.63, 3.8) is 0 Å². The Morgan fingerprint density at radius 3 is 2.67 bits per heavy atom. The van der Waals surface area contributed by atoms with Gasteiger partial charge in [-0.25, -0.2) is 9.97 Å². The van der Waals surface area contributed by atoms with Crippen LogP contribution in [0, 0.1) is 6.92 Å². The molecule has 2 aromatic heterocycles. The second-order valence-corrected chi connectivity index (χ2v) is 6.11. The Labute approximate surface area is 156 Å². The van der Waals surface area contributed by atoms with E-state index in [1.807, 2.05) is 25.1 Å². The van der Waals surface area contributed by atoms with Crippen LogP contribution in [-0.4, -0.2) is 51.2 Å². The molecule has 3 rings (SSSR count). The highest BCUT2D eigenvalue weighted by Gasteiger charge is 2.14. The van der Waals surface area contributed by atoms with E-state index in [1.165, 1.54) is 6.33 Å². The number of nitrogens with one attached hydrogen (secondary N) is 1. The predicted molar refractivity (Wildman–Crippen MR) is 100 cm³/mol. The van der Waals surface area contributed by atoms with Crippen molar-refractivity contribution in [1.29, 1.82) is 0 Å². The van der Waals surface area contributed by atoms with Crippen LogP contribution >= 0.6 is 0 Å². The van der Waals surface area contributed by atoms with Crippen molar-refractivity contribution in [3.8, 4) is 11.3 Å². The minimum absolute atomic E-state index is 0.0251. The summed E-state index contributed by atoms with van der Waals surface area (Å²) in [5.74, 6) is 1.17. The van der Waals surface area contributed by atoms with Crippen LogP contribution in [0.5, 0.6) is 0 Å². The van der Waals surface area contributed by atoms with Crippen LogP contribution in [0.15, 0.2) is 47.2 Å². The van der Waals surface area contributed by atoms with Crippen molar-refractivity contribution in [2.24, 2.45) is 0 Å². The normalized spacial score (nSPS) is 10.6. The van der Waals surface area contributed by atoms with E-state index >= 15 is 0 Å². The molecule has 0 saturated heterocycles. The van der Waals surface area contributed by atoms with Gasteiger partial charge in [-0.2, -0.15) is 0 Å². The number of aliphatic hydroxyl groups is 1. The number of carbonyl (C=O) groups is 1. The average molecular weight is 367 g/mol. The van der Waals surface area contributed by atoms with E-state index in [4.69, 9.17) is 9.63 Å². The van der Waals surface area contributed by atoms with Crippen LogP contribution in [0.1, 0.15) is 21.8 Å². The third-order valence-electron chi connectivity index (χ3n) is 3.93. The third kappa shape index (κ3) is 4.68. The van der Waals surface area contributed by atoms with Gasteiger partial charge in [0.15, 0.2) is 5.76 Å². The largest absolute Gasteiger partial charge is 0.395 e. The summed E-state index contributed by atoms with van der Waals surface area (Å²) < 4.78 is 5.16. The molecule has 1 aromatic carbocycles. The van der Waals surface area contributed by atoms with E-state index in [9.17, 15) is 4.79 Å². The van der Waals surface area contributed by atoms with Gasteiger partial charge in [0.1, 0.15) is 12.1 Å². The van der Waals surface area contributed by atoms with Crippen LogP contribution in [-0.2, 0) is 6.54 Å². The number of hydrogen-bond donors (Lipinski definition) is 2. The molecule has 27 heavy (non-hydrogen) atoms. The molecule has 0 unspecified atom stereocenters. The predicted octanol–water partition coefficient (Wildman–Crippen LogP) is 2.12. The monoisotopic (exact) mass is 367 g/mol. The van der Waals surface area contributed by atoms with Gasteiger partial charge in [-0.3, -0.25) is 4.79 Å². The minimum Gasteiger partial charge on any atom is -0.395 e. The van der Waals surface area contributed by atoms with Crippen molar-refractivity contribution in [1.82, 2.24) is 20.0 Å². The summed E-state index contributed by atoms with van der Waals surface area (Å²) in [4.78, 5) is 22.5. The highest BCUT2D eigenvalue weighted by atomic mass is 16.5. The van der Waals surface area contributed by atoms with E-state index in [2.05, 4.69) is 20.4 Å². The van der Waals surface area contributed by atoms with Gasteiger partial charge < -0.3 is 19.8 Å². The summed E-state index contributed by atoms with van der Waals surface area (Å²) in [6.45, 7) is 2.64. The molecule has 0 saturated carbocycles. The maximum absolute atomic E-state index is 12.6. The molecule has 140 valence electrons. The Balaban J connectivity index is 1.70. The first-order valence-corrected chi connectivity index (χ1v) is 8.51. The summed E-state index contributed by atoms with van der Waals surface area (Å²) >= 11 is 0. The fourth-order valence-electron chi connectivity index (χ4n) is 2.60. The van der Waals surface area contributed by atoms with Crippen molar-refractivity contribution in [2.75, 3.05) is 25.5 Å². The molecule has 8 heteroatoms. The number of carbonyl (C=O) groups excluding carboxylic acids is 1. The molecule has 0 fully saturated rings. The van der Waals surface area contributed by atoms with E-state index in [0.29, 0.717) is 30.2 Å². The van der Waals surface area contributed by atoms with Gasteiger partial charge in [0, 0.05) is 36.9 Å². The maximum Gasteiger partial charge on any atom is 0.254 e. The maximum atomic E-state index is 12.6. The molecule has 0 radical (unpaired) electrons. The average Bonchev–Trinajstić information content (AvgIpc) is 3.10. The lowest BCUT2D eigenvalue weighted by Crippen LogP contribution is -2.25. The van der Waals surface area contributed by atoms with Gasteiger partial charge in [-0.15, -0.1) is 0 Å². The van der Waals surface area contributed by atoms with E-state index in [-0.39, 0.29) is 12.5 Å². The minimum atomic E-state index is -0.108. The number of aliphatic hydroxyl groups excluding tert-OH is 1. The number of nitrogens with zero attached hydrogens (tertiary/aromatic N) is 4. The molecule has 8 nitrogen and oxygen atoms in total. The summed E-state index contributed by atoms with van der Waals surface area (Å²) in [7, 11) is 1.72. The fraction of sp³-hybridized carbons (Fsp3) is 0.263. The van der Waals surface area contributed by atoms with Crippen molar-refractivity contribution < 1.29 is 14.4 Å². The van der Waals surface area contributed by atoms with E-state index in [0.717, 1.165) is 17.0 Å². The van der Waals surface area contributed by atoms with Crippen molar-refractivity contribution in [2.45, 2.75) is 13.5 Å². The molecule has 0 aliphatic rings. The van der Waals surface area contributed by atoms with E-state index in [1.54, 1.807) is 30.1 Å². The van der Waals surface area contributed by atoms with Crippen LogP contribution in [0.3, 0.4) is 0 Å². The molecule has 0 spiro atoms. The molecule has 2 N–H and O–H groups in total. The van der Waals surface area contributed by atoms with Gasteiger partial charge in [-0.05, 0) is 19.1 Å². The lowest BCUT2D eigenvalue weighted by Gasteiger charge is -2.15. The molecule has 0 aliphatic heterocycles. The standard InChI is InChI=1S/C19H21N5O3/c1-13-9-16(27-23-13)11-24(2)19(26)15-5-3-14(4-6-15)17-10-18(20-7-8-25)22-12-21-17/h3-6,9-10,12,25H,7-8,11H2,1-2H3,(H,20,21,22). The SMILES string of the molecule is Cc1cc(CN(C)C(=O)c2ccc(-c3cc(NCCO)ncn3)cc2)on1. The second kappa shape index (κ2) is 8.41. The molecule has 0 aliphatic carbocycles. The Bertz CT molecular complexity index is 908. The fourth-order valence-corrected chi connectivity index (χ4v) is 2.60. The lowest BCUT2D eigenvalue weighted by atomic mass is 10.1. The van der Waals surface area contributed by atoms with Gasteiger partial charge in [0.05, 0.1) is 24.5 Å². The molecular formula is C19H21N5O3. The summed E-state index contributed by atoms with van der Waals surface area (Å²) in [5.41, 5.74) is 2.96. The van der Waals surface area contributed by atoms with Gasteiger partial charge >= 0.3 is 0 Å². The first-order chi connectivity index (χ1) is 13.1. The zero-order chi connectivity index (χ0) is 19.2. The lowest BCUT2D eigenvalue weighted by molar-refractivity contribution is 0.0772. The van der Waals surface area contributed by atoms with E-state index < -0.39 is 0 Å². The number of rotatable bonds is 7. The number of amides is 1. The summed E-state index contributed by atoms with van der Waals surface area (Å²) in [6.07, 6.45) is 1.46. The first kappa shape index (κ1) is 18.5. The highest BCUT2D eigenvalue weighted by Crippen LogP contribution is 2.20. The summed E-state index contributed by atoms with van der Waals surface area (Å²) in [5, 5.41) is 15.7. The second-order valence-electron chi connectivity index (χ2n) is 6.11. The number of hydrogen-bond acceptors (Lipinski definition) is 7. The number of benzene rings is 1. The molecule has 1 amide bonds. The zero-order valence-corrected chi connectivity index (χ0v) is 15.2. The van der Waals surface area contributed by atoms with Crippen LogP contribution in [0.2, 0.25) is 0 Å².